The number of furan rings is 1. The Labute approximate surface area is 212 Å². The zero-order valence-corrected chi connectivity index (χ0v) is 20.9. The highest BCUT2D eigenvalue weighted by Crippen LogP contribution is 2.36. The first-order valence-corrected chi connectivity index (χ1v) is 12.3. The number of carbonyl (C=O) groups excluding carboxylic acids is 1. The second kappa shape index (κ2) is 9.10. The molecule has 0 atom stereocenters. The van der Waals surface area contributed by atoms with Gasteiger partial charge in [-0.05, 0) is 48.5 Å². The molecule has 0 unspecified atom stereocenters. The molecule has 1 aliphatic heterocycles. The Kier molecular flexibility index (Phi) is 6.18. The smallest absolute Gasteiger partial charge is 0.266 e. The Morgan fingerprint density at radius 1 is 1.18 bits per heavy atom. The fourth-order valence-electron chi connectivity index (χ4n) is 3.73. The molecule has 1 saturated heterocycles. The van der Waals surface area contributed by atoms with Crippen molar-refractivity contribution in [3.05, 3.63) is 98.1 Å². The number of rotatable bonds is 5. The third-order valence-corrected chi connectivity index (χ3v) is 7.54. The monoisotopic (exact) mass is 560 g/mol. The number of hydrogen-bond donors (Lipinski definition) is 0. The zero-order chi connectivity index (χ0) is 23.1. The summed E-state index contributed by atoms with van der Waals surface area (Å²) >= 11 is 16.5. The molecule has 9 heteroatoms. The van der Waals surface area contributed by atoms with Gasteiger partial charge in [-0.25, -0.2) is 4.39 Å². The Balaban J connectivity index is 1.53. The summed E-state index contributed by atoms with van der Waals surface area (Å²) in [4.78, 5) is 15.1. The first-order valence-electron chi connectivity index (χ1n) is 9.90. The first kappa shape index (κ1) is 22.4. The van der Waals surface area contributed by atoms with Crippen LogP contribution in [0.1, 0.15) is 16.9 Å². The summed E-state index contributed by atoms with van der Waals surface area (Å²) in [7, 11) is 0. The van der Waals surface area contributed by atoms with E-state index in [4.69, 9.17) is 28.2 Å². The van der Waals surface area contributed by atoms with Gasteiger partial charge in [-0.2, -0.15) is 0 Å². The molecule has 0 bridgehead atoms. The number of thiocarbonyl (C=S) groups is 1. The van der Waals surface area contributed by atoms with Gasteiger partial charge in [0.2, 0.25) is 0 Å². The molecule has 1 fully saturated rings. The van der Waals surface area contributed by atoms with E-state index in [0.717, 1.165) is 20.9 Å². The number of thioether (sulfide) groups is 1. The number of aromatic nitrogens is 1. The Morgan fingerprint density at radius 3 is 2.79 bits per heavy atom. The van der Waals surface area contributed by atoms with Gasteiger partial charge in [-0.3, -0.25) is 9.69 Å². The average molecular weight is 562 g/mol. The maximum Gasteiger partial charge on any atom is 0.266 e. The van der Waals surface area contributed by atoms with Crippen molar-refractivity contribution < 1.29 is 13.6 Å². The SMILES string of the molecule is O=C1/C(=C/c2cn(Cc3c(F)cccc3Cl)c3ccc(Br)cc23)SC(=S)N1Cc1ccco1. The van der Waals surface area contributed by atoms with E-state index >= 15 is 0 Å². The van der Waals surface area contributed by atoms with Crippen LogP contribution in [0.4, 0.5) is 4.39 Å². The first-order chi connectivity index (χ1) is 15.9. The fourth-order valence-corrected chi connectivity index (χ4v) is 5.56. The van der Waals surface area contributed by atoms with Crippen molar-refractivity contribution in [2.45, 2.75) is 13.1 Å². The predicted octanol–water partition coefficient (Wildman–Crippen LogP) is 7.24. The summed E-state index contributed by atoms with van der Waals surface area (Å²) < 4.78 is 23.1. The van der Waals surface area contributed by atoms with Crippen molar-refractivity contribution in [1.29, 1.82) is 0 Å². The van der Waals surface area contributed by atoms with Crippen LogP contribution in [-0.4, -0.2) is 19.7 Å². The summed E-state index contributed by atoms with van der Waals surface area (Å²) in [6, 6.07) is 14.1. The van der Waals surface area contributed by atoms with E-state index in [2.05, 4.69) is 15.9 Å². The maximum absolute atomic E-state index is 14.4. The van der Waals surface area contributed by atoms with E-state index < -0.39 is 0 Å². The molecule has 3 heterocycles. The van der Waals surface area contributed by atoms with Crippen LogP contribution in [0, 0.1) is 5.82 Å². The minimum absolute atomic E-state index is 0.172. The topological polar surface area (TPSA) is 38.4 Å². The van der Waals surface area contributed by atoms with Crippen molar-refractivity contribution in [2.75, 3.05) is 0 Å². The van der Waals surface area contributed by atoms with Crippen LogP contribution >= 0.6 is 51.5 Å². The summed E-state index contributed by atoms with van der Waals surface area (Å²) in [5.74, 6) is 0.131. The number of benzene rings is 2. The summed E-state index contributed by atoms with van der Waals surface area (Å²) in [6.07, 6.45) is 5.30. The number of fused-ring (bicyclic) bond motifs is 1. The van der Waals surface area contributed by atoms with Crippen LogP contribution in [0.15, 0.2) is 74.8 Å². The lowest BCUT2D eigenvalue weighted by molar-refractivity contribution is -0.122. The number of carbonyl (C=O) groups is 1. The molecule has 4 aromatic rings. The molecule has 0 spiro atoms. The lowest BCUT2D eigenvalue weighted by Crippen LogP contribution is -2.27. The van der Waals surface area contributed by atoms with E-state index in [-0.39, 0.29) is 24.8 Å². The van der Waals surface area contributed by atoms with Gasteiger partial charge < -0.3 is 8.98 Å². The molecule has 166 valence electrons. The highest BCUT2D eigenvalue weighted by molar-refractivity contribution is 9.10. The molecule has 1 amide bonds. The van der Waals surface area contributed by atoms with Gasteiger partial charge in [0.05, 0.1) is 24.3 Å². The second-order valence-corrected chi connectivity index (χ2v) is 10.4. The van der Waals surface area contributed by atoms with Gasteiger partial charge in [-0.15, -0.1) is 0 Å². The standard InChI is InChI=1S/C24H15BrClFN2O2S2/c25-15-6-7-21-17(10-15)14(11-28(21)13-18-19(26)4-1-5-20(18)27)9-22-23(30)29(24(32)33-22)12-16-3-2-8-31-16/h1-11H,12-13H2/b22-9-. The van der Waals surface area contributed by atoms with Crippen LogP contribution in [0.5, 0.6) is 0 Å². The van der Waals surface area contributed by atoms with Crippen molar-refractivity contribution in [2.24, 2.45) is 0 Å². The molecule has 2 aromatic carbocycles. The van der Waals surface area contributed by atoms with Gasteiger partial charge in [-0.1, -0.05) is 57.6 Å². The van der Waals surface area contributed by atoms with Gasteiger partial charge in [0.15, 0.2) is 0 Å². The molecule has 0 saturated carbocycles. The van der Waals surface area contributed by atoms with E-state index in [1.54, 1.807) is 30.5 Å². The van der Waals surface area contributed by atoms with Gasteiger partial charge >= 0.3 is 0 Å². The molecule has 33 heavy (non-hydrogen) atoms. The number of amides is 1. The lowest BCUT2D eigenvalue weighted by Gasteiger charge is -2.11. The average Bonchev–Trinajstić information content (AvgIpc) is 3.47. The Bertz CT molecular complexity index is 1410. The second-order valence-electron chi connectivity index (χ2n) is 7.42. The number of nitrogens with zero attached hydrogens (tertiary/aromatic N) is 2. The summed E-state index contributed by atoms with van der Waals surface area (Å²) in [5, 5.41) is 1.29. The molecule has 2 aromatic heterocycles. The maximum atomic E-state index is 14.4. The lowest BCUT2D eigenvalue weighted by atomic mass is 10.1. The van der Waals surface area contributed by atoms with Crippen LogP contribution in [0.25, 0.3) is 17.0 Å². The van der Waals surface area contributed by atoms with Crippen molar-refractivity contribution in [1.82, 2.24) is 9.47 Å². The van der Waals surface area contributed by atoms with E-state index in [9.17, 15) is 9.18 Å². The molecular formula is C24H15BrClFN2O2S2. The number of hydrogen-bond acceptors (Lipinski definition) is 4. The minimum Gasteiger partial charge on any atom is -0.467 e. The van der Waals surface area contributed by atoms with Crippen molar-refractivity contribution in [3.63, 3.8) is 0 Å². The quantitative estimate of drug-likeness (QED) is 0.190. The van der Waals surface area contributed by atoms with Crippen LogP contribution in [0.3, 0.4) is 0 Å². The van der Waals surface area contributed by atoms with E-state index in [0.29, 0.717) is 25.6 Å². The van der Waals surface area contributed by atoms with Crippen LogP contribution in [0.2, 0.25) is 5.02 Å². The largest absolute Gasteiger partial charge is 0.467 e. The molecule has 1 aliphatic rings. The van der Waals surface area contributed by atoms with E-state index in [1.807, 2.05) is 35.0 Å². The van der Waals surface area contributed by atoms with Gasteiger partial charge in [0, 0.05) is 37.7 Å². The van der Waals surface area contributed by atoms with Crippen LogP contribution in [-0.2, 0) is 17.9 Å². The molecule has 0 radical (unpaired) electrons. The molecule has 5 rings (SSSR count). The van der Waals surface area contributed by atoms with Gasteiger partial charge in [0.1, 0.15) is 15.9 Å². The Morgan fingerprint density at radius 2 is 2.03 bits per heavy atom. The third kappa shape index (κ3) is 4.40. The third-order valence-electron chi connectivity index (χ3n) is 5.32. The minimum atomic E-state index is -0.359. The molecule has 4 nitrogen and oxygen atoms in total. The van der Waals surface area contributed by atoms with Crippen LogP contribution < -0.4 is 0 Å². The summed E-state index contributed by atoms with van der Waals surface area (Å²) in [5.41, 5.74) is 2.14. The van der Waals surface area contributed by atoms with Crippen molar-refractivity contribution in [3.8, 4) is 0 Å². The Hall–Kier alpha value is -2.39. The van der Waals surface area contributed by atoms with Crippen molar-refractivity contribution >= 4 is 78.7 Å². The number of halogens is 3. The zero-order valence-electron chi connectivity index (χ0n) is 16.9. The molecule has 0 aliphatic carbocycles. The normalized spacial score (nSPS) is 15.4. The molecular weight excluding hydrogens is 547 g/mol. The summed E-state index contributed by atoms with van der Waals surface area (Å²) in [6.45, 7) is 0.547. The highest BCUT2D eigenvalue weighted by Gasteiger charge is 2.32. The van der Waals surface area contributed by atoms with Gasteiger partial charge in [0.25, 0.3) is 5.91 Å². The fraction of sp³-hybridized carbons (Fsp3) is 0.0833. The highest BCUT2D eigenvalue weighted by atomic mass is 79.9. The van der Waals surface area contributed by atoms with E-state index in [1.165, 1.54) is 22.7 Å². The molecule has 0 N–H and O–H groups in total. The predicted molar refractivity (Wildman–Crippen MR) is 138 cm³/mol.